The highest BCUT2D eigenvalue weighted by molar-refractivity contribution is 7.89. The first-order chi connectivity index (χ1) is 14.8. The highest BCUT2D eigenvalue weighted by atomic mass is 32.2. The Morgan fingerprint density at radius 1 is 0.968 bits per heavy atom. The van der Waals surface area contributed by atoms with Gasteiger partial charge in [-0.05, 0) is 49.2 Å². The monoisotopic (exact) mass is 451 g/mol. The minimum Gasteiger partial charge on any atom is -0.351 e. The van der Waals surface area contributed by atoms with Gasteiger partial charge in [0.15, 0.2) is 0 Å². The molecule has 0 spiro atoms. The molecule has 31 heavy (non-hydrogen) atoms. The molecule has 1 saturated carbocycles. The number of sulfonamides is 1. The van der Waals surface area contributed by atoms with Crippen LogP contribution in [0.5, 0.6) is 0 Å². The minimum atomic E-state index is -4.18. The van der Waals surface area contributed by atoms with Gasteiger partial charge in [-0.1, -0.05) is 12.8 Å². The summed E-state index contributed by atoms with van der Waals surface area (Å²) in [6, 6.07) is 8.52. The second-order valence-electron chi connectivity index (χ2n) is 7.28. The number of nitrogens with one attached hydrogen (secondary N) is 3. The summed E-state index contributed by atoms with van der Waals surface area (Å²) in [7, 11) is -4.18. The van der Waals surface area contributed by atoms with Crippen molar-refractivity contribution in [2.24, 2.45) is 5.92 Å². The number of hydrogen-bond acceptors (Lipinski definition) is 4. The Labute approximate surface area is 179 Å². The zero-order valence-electron chi connectivity index (χ0n) is 16.7. The molecule has 0 atom stereocenters. The van der Waals surface area contributed by atoms with Crippen molar-refractivity contribution in [2.45, 2.75) is 30.6 Å². The van der Waals surface area contributed by atoms with Crippen LogP contribution in [0.3, 0.4) is 0 Å². The SMILES string of the molecule is O=C(NCCNS(=O)(=O)c1ccc(F)cc1F)c1ccc(NC(=O)C2CCCC2)cc1. The summed E-state index contributed by atoms with van der Waals surface area (Å²) in [5.41, 5.74) is 0.939. The van der Waals surface area contributed by atoms with Crippen LogP contribution in [0.2, 0.25) is 0 Å². The van der Waals surface area contributed by atoms with Crippen LogP contribution in [0.25, 0.3) is 0 Å². The number of anilines is 1. The lowest BCUT2D eigenvalue weighted by atomic mass is 10.1. The third-order valence-electron chi connectivity index (χ3n) is 5.03. The summed E-state index contributed by atoms with van der Waals surface area (Å²) in [6.07, 6.45) is 3.91. The number of carbonyl (C=O) groups excluding carboxylic acids is 2. The van der Waals surface area contributed by atoms with Crippen molar-refractivity contribution in [3.05, 3.63) is 59.7 Å². The van der Waals surface area contributed by atoms with E-state index >= 15 is 0 Å². The van der Waals surface area contributed by atoms with Gasteiger partial charge in [0.2, 0.25) is 15.9 Å². The van der Waals surface area contributed by atoms with Gasteiger partial charge in [0, 0.05) is 36.3 Å². The first kappa shape index (κ1) is 22.8. The summed E-state index contributed by atoms with van der Waals surface area (Å²) in [4.78, 5) is 23.7. The third kappa shape index (κ3) is 6.08. The van der Waals surface area contributed by atoms with Gasteiger partial charge in [0.1, 0.15) is 16.5 Å². The molecular formula is C21H23F2N3O4S. The van der Waals surface area contributed by atoms with Gasteiger partial charge in [-0.25, -0.2) is 21.9 Å². The Morgan fingerprint density at radius 2 is 1.65 bits per heavy atom. The van der Waals surface area contributed by atoms with Crippen molar-refractivity contribution in [3.8, 4) is 0 Å². The molecule has 3 rings (SSSR count). The molecule has 0 aliphatic heterocycles. The molecule has 10 heteroatoms. The number of benzene rings is 2. The number of amides is 2. The van der Waals surface area contributed by atoms with Crippen molar-refractivity contribution in [1.82, 2.24) is 10.0 Å². The molecule has 0 aromatic heterocycles. The van der Waals surface area contributed by atoms with Crippen molar-refractivity contribution in [3.63, 3.8) is 0 Å². The highest BCUT2D eigenvalue weighted by Crippen LogP contribution is 2.26. The van der Waals surface area contributed by atoms with E-state index in [1.165, 1.54) is 0 Å². The molecule has 166 valence electrons. The summed E-state index contributed by atoms with van der Waals surface area (Å²) in [6.45, 7) is -0.221. The predicted octanol–water partition coefficient (Wildman–Crippen LogP) is 2.80. The quantitative estimate of drug-likeness (QED) is 0.537. The fourth-order valence-electron chi connectivity index (χ4n) is 3.37. The highest BCUT2D eigenvalue weighted by Gasteiger charge is 2.22. The van der Waals surface area contributed by atoms with Gasteiger partial charge in [0.25, 0.3) is 5.91 Å². The van der Waals surface area contributed by atoms with Crippen molar-refractivity contribution in [2.75, 3.05) is 18.4 Å². The smallest absolute Gasteiger partial charge is 0.251 e. The number of carbonyl (C=O) groups is 2. The molecule has 2 amide bonds. The standard InChI is InChI=1S/C21H23F2N3O4S/c22-16-7-10-19(18(23)13-16)31(29,30)25-12-11-24-20(27)15-5-8-17(9-6-15)26-21(28)14-3-1-2-4-14/h5-10,13-14,25H,1-4,11-12H2,(H,24,27)(H,26,28). The fraction of sp³-hybridized carbons (Fsp3) is 0.333. The number of hydrogen-bond donors (Lipinski definition) is 3. The molecule has 0 radical (unpaired) electrons. The molecule has 3 N–H and O–H groups in total. The van der Waals surface area contributed by atoms with Crippen LogP contribution >= 0.6 is 0 Å². The van der Waals surface area contributed by atoms with Crippen molar-refractivity contribution in [1.29, 1.82) is 0 Å². The first-order valence-electron chi connectivity index (χ1n) is 9.90. The molecule has 2 aromatic rings. The van der Waals surface area contributed by atoms with E-state index in [1.807, 2.05) is 0 Å². The van der Waals surface area contributed by atoms with E-state index in [0.717, 1.165) is 37.8 Å². The topological polar surface area (TPSA) is 104 Å². The first-order valence-corrected chi connectivity index (χ1v) is 11.4. The predicted molar refractivity (Wildman–Crippen MR) is 111 cm³/mol. The van der Waals surface area contributed by atoms with Crippen molar-refractivity contribution < 1.29 is 26.8 Å². The Bertz CT molecular complexity index is 1050. The van der Waals surface area contributed by atoms with Crippen molar-refractivity contribution >= 4 is 27.5 Å². The molecule has 0 unspecified atom stereocenters. The molecular weight excluding hydrogens is 428 g/mol. The van der Waals surface area contributed by atoms with Gasteiger partial charge < -0.3 is 10.6 Å². The van der Waals surface area contributed by atoms with E-state index in [9.17, 15) is 26.8 Å². The van der Waals surface area contributed by atoms with Crippen LogP contribution in [0.1, 0.15) is 36.0 Å². The van der Waals surface area contributed by atoms with Crippen LogP contribution in [-0.2, 0) is 14.8 Å². The van der Waals surface area contributed by atoms with E-state index < -0.39 is 32.5 Å². The molecule has 0 heterocycles. The average Bonchev–Trinajstić information content (AvgIpc) is 3.26. The van der Waals surface area contributed by atoms with E-state index in [1.54, 1.807) is 24.3 Å². The second-order valence-corrected chi connectivity index (χ2v) is 9.01. The molecule has 0 saturated heterocycles. The van der Waals surface area contributed by atoms with E-state index in [2.05, 4.69) is 15.4 Å². The normalized spacial score (nSPS) is 14.4. The lowest BCUT2D eigenvalue weighted by Gasteiger charge is -2.11. The molecule has 1 fully saturated rings. The Hall–Kier alpha value is -2.85. The summed E-state index contributed by atoms with van der Waals surface area (Å²) >= 11 is 0. The van der Waals surface area contributed by atoms with Gasteiger partial charge in [0.05, 0.1) is 0 Å². The zero-order valence-corrected chi connectivity index (χ0v) is 17.5. The molecule has 1 aliphatic carbocycles. The maximum Gasteiger partial charge on any atom is 0.251 e. The Balaban J connectivity index is 1.46. The van der Waals surface area contributed by atoms with E-state index in [-0.39, 0.29) is 24.9 Å². The van der Waals surface area contributed by atoms with Crippen LogP contribution in [0, 0.1) is 17.6 Å². The number of rotatable bonds is 8. The van der Waals surface area contributed by atoms with Crippen LogP contribution < -0.4 is 15.4 Å². The van der Waals surface area contributed by atoms with Gasteiger partial charge in [-0.15, -0.1) is 0 Å². The lowest BCUT2D eigenvalue weighted by Crippen LogP contribution is -2.35. The van der Waals surface area contributed by atoms with Gasteiger partial charge in [-0.2, -0.15) is 0 Å². The molecule has 1 aliphatic rings. The molecule has 7 nitrogen and oxygen atoms in total. The zero-order chi connectivity index (χ0) is 22.4. The van der Waals surface area contributed by atoms with E-state index in [0.29, 0.717) is 17.3 Å². The van der Waals surface area contributed by atoms with Gasteiger partial charge in [-0.3, -0.25) is 9.59 Å². The second kappa shape index (κ2) is 9.97. The van der Waals surface area contributed by atoms with Crippen LogP contribution in [0.15, 0.2) is 47.4 Å². The Kier molecular flexibility index (Phi) is 7.34. The van der Waals surface area contributed by atoms with Crippen LogP contribution in [-0.4, -0.2) is 33.3 Å². The summed E-state index contributed by atoms with van der Waals surface area (Å²) < 4.78 is 52.9. The number of halogens is 2. The average molecular weight is 451 g/mol. The minimum absolute atomic E-state index is 0.0143. The van der Waals surface area contributed by atoms with Gasteiger partial charge >= 0.3 is 0 Å². The molecule has 2 aromatic carbocycles. The third-order valence-corrected chi connectivity index (χ3v) is 6.52. The lowest BCUT2D eigenvalue weighted by molar-refractivity contribution is -0.119. The van der Waals surface area contributed by atoms with E-state index in [4.69, 9.17) is 0 Å². The summed E-state index contributed by atoms with van der Waals surface area (Å²) in [5, 5.41) is 5.39. The Morgan fingerprint density at radius 3 is 2.29 bits per heavy atom. The summed E-state index contributed by atoms with van der Waals surface area (Å²) in [5.74, 6) is -2.49. The van der Waals surface area contributed by atoms with Crippen LogP contribution in [0.4, 0.5) is 14.5 Å². The molecule has 0 bridgehead atoms. The maximum absolute atomic E-state index is 13.6. The fourth-order valence-corrected chi connectivity index (χ4v) is 4.46. The largest absolute Gasteiger partial charge is 0.351 e. The maximum atomic E-state index is 13.6.